The lowest BCUT2D eigenvalue weighted by atomic mass is 10.1. The van der Waals surface area contributed by atoms with Crippen LogP contribution >= 0.6 is 0 Å². The Balaban J connectivity index is 1.65. The molecular weight excluding hydrogens is 378 g/mol. The number of hydrogen-bond donors (Lipinski definition) is 1. The Morgan fingerprint density at radius 1 is 1.03 bits per heavy atom. The van der Waals surface area contributed by atoms with Crippen molar-refractivity contribution < 1.29 is 28.8 Å². The topological polar surface area (TPSA) is 115 Å². The molecule has 2 heterocycles. The normalized spacial score (nSPS) is 14.4. The van der Waals surface area contributed by atoms with Crippen molar-refractivity contribution >= 4 is 23.9 Å². The van der Waals surface area contributed by atoms with Crippen LogP contribution in [0.2, 0.25) is 0 Å². The lowest BCUT2D eigenvalue weighted by Crippen LogP contribution is -2.46. The van der Waals surface area contributed by atoms with Crippen LogP contribution in [0.4, 0.5) is 4.79 Å². The molecule has 1 aromatic carbocycles. The van der Waals surface area contributed by atoms with Gasteiger partial charge in [-0.15, -0.1) is 5.06 Å². The molecular formula is C20H19N3O6. The van der Waals surface area contributed by atoms with E-state index in [-0.39, 0.29) is 25.9 Å². The number of hydroxylamine groups is 2. The number of carbonyl (C=O) groups excluding carboxylic acids is 4. The van der Waals surface area contributed by atoms with Crippen molar-refractivity contribution in [3.8, 4) is 0 Å². The second-order valence-corrected chi connectivity index (χ2v) is 6.32. The highest BCUT2D eigenvalue weighted by Gasteiger charge is 2.35. The number of hydrogen-bond acceptors (Lipinski definition) is 7. The van der Waals surface area contributed by atoms with E-state index >= 15 is 0 Å². The molecule has 0 bridgehead atoms. The SMILES string of the molecule is O=C(N[C@H](Cc1cccnc1)C(=O)ON1C(=O)CCC1=O)OCc1ccccc1. The predicted molar refractivity (Wildman–Crippen MR) is 98.7 cm³/mol. The van der Waals surface area contributed by atoms with Crippen LogP contribution in [0.3, 0.4) is 0 Å². The summed E-state index contributed by atoms with van der Waals surface area (Å²) in [4.78, 5) is 57.0. The number of alkyl carbamates (subject to hydrolysis) is 1. The first-order valence-electron chi connectivity index (χ1n) is 8.96. The molecule has 150 valence electrons. The maximum absolute atomic E-state index is 12.5. The van der Waals surface area contributed by atoms with Gasteiger partial charge >= 0.3 is 12.1 Å². The molecule has 0 spiro atoms. The number of imide groups is 1. The number of aromatic nitrogens is 1. The fraction of sp³-hybridized carbons (Fsp3) is 0.250. The summed E-state index contributed by atoms with van der Waals surface area (Å²) < 4.78 is 5.14. The fourth-order valence-electron chi connectivity index (χ4n) is 2.67. The smallest absolute Gasteiger partial charge is 0.408 e. The zero-order chi connectivity index (χ0) is 20.6. The minimum Gasteiger partial charge on any atom is -0.445 e. The van der Waals surface area contributed by atoms with Crippen LogP contribution < -0.4 is 5.32 Å². The van der Waals surface area contributed by atoms with Gasteiger partial charge in [0.15, 0.2) is 0 Å². The van der Waals surface area contributed by atoms with E-state index in [0.717, 1.165) is 5.56 Å². The van der Waals surface area contributed by atoms with E-state index in [1.165, 1.54) is 6.20 Å². The molecule has 1 fully saturated rings. The first-order valence-corrected chi connectivity index (χ1v) is 8.96. The van der Waals surface area contributed by atoms with Gasteiger partial charge in [0.2, 0.25) is 0 Å². The third-order valence-electron chi connectivity index (χ3n) is 4.14. The molecule has 29 heavy (non-hydrogen) atoms. The molecule has 9 nitrogen and oxygen atoms in total. The summed E-state index contributed by atoms with van der Waals surface area (Å²) >= 11 is 0. The van der Waals surface area contributed by atoms with Gasteiger partial charge in [-0.25, -0.2) is 9.59 Å². The van der Waals surface area contributed by atoms with E-state index in [1.54, 1.807) is 30.5 Å². The van der Waals surface area contributed by atoms with E-state index < -0.39 is 29.9 Å². The maximum atomic E-state index is 12.5. The van der Waals surface area contributed by atoms with Gasteiger partial charge in [0.1, 0.15) is 12.6 Å². The van der Waals surface area contributed by atoms with Crippen molar-refractivity contribution in [1.29, 1.82) is 0 Å². The lowest BCUT2D eigenvalue weighted by Gasteiger charge is -2.20. The van der Waals surface area contributed by atoms with Gasteiger partial charge in [0, 0.05) is 31.7 Å². The highest BCUT2D eigenvalue weighted by Crippen LogP contribution is 2.14. The Labute approximate surface area is 166 Å². The fourth-order valence-corrected chi connectivity index (χ4v) is 2.67. The summed E-state index contributed by atoms with van der Waals surface area (Å²) in [6, 6.07) is 11.3. The molecule has 0 saturated carbocycles. The zero-order valence-corrected chi connectivity index (χ0v) is 15.4. The Kier molecular flexibility index (Phi) is 6.51. The first kappa shape index (κ1) is 20.0. The molecule has 1 atom stereocenters. The molecule has 1 saturated heterocycles. The van der Waals surface area contributed by atoms with Crippen molar-refractivity contribution in [3.63, 3.8) is 0 Å². The van der Waals surface area contributed by atoms with Gasteiger partial charge in [-0.2, -0.15) is 0 Å². The molecule has 3 amide bonds. The number of nitrogens with one attached hydrogen (secondary N) is 1. The number of carbonyl (C=O) groups is 4. The molecule has 2 aromatic rings. The molecule has 9 heteroatoms. The second-order valence-electron chi connectivity index (χ2n) is 6.32. The highest BCUT2D eigenvalue weighted by atomic mass is 16.7. The van der Waals surface area contributed by atoms with Crippen molar-refractivity contribution in [3.05, 3.63) is 66.0 Å². The van der Waals surface area contributed by atoms with Gasteiger partial charge in [-0.3, -0.25) is 14.6 Å². The van der Waals surface area contributed by atoms with Gasteiger partial charge < -0.3 is 14.9 Å². The summed E-state index contributed by atoms with van der Waals surface area (Å²) in [6.45, 7) is 0.0183. The standard InChI is InChI=1S/C20H19N3O6/c24-17-8-9-18(25)23(17)29-19(26)16(11-15-7-4-10-21-12-15)22-20(27)28-13-14-5-2-1-3-6-14/h1-7,10,12,16H,8-9,11,13H2,(H,22,27)/t16-/m1/s1. The van der Waals surface area contributed by atoms with E-state index in [4.69, 9.17) is 9.57 Å². The largest absolute Gasteiger partial charge is 0.445 e. The summed E-state index contributed by atoms with van der Waals surface area (Å²) in [6.07, 6.45) is 2.27. The summed E-state index contributed by atoms with van der Waals surface area (Å²) in [7, 11) is 0. The molecule has 1 aliphatic heterocycles. The maximum Gasteiger partial charge on any atom is 0.408 e. The van der Waals surface area contributed by atoms with Crippen LogP contribution in [0.15, 0.2) is 54.9 Å². The van der Waals surface area contributed by atoms with E-state index in [0.29, 0.717) is 10.6 Å². The Morgan fingerprint density at radius 3 is 2.38 bits per heavy atom. The van der Waals surface area contributed by atoms with Gasteiger partial charge in [-0.05, 0) is 17.2 Å². The van der Waals surface area contributed by atoms with Gasteiger partial charge in [-0.1, -0.05) is 36.4 Å². The summed E-state index contributed by atoms with van der Waals surface area (Å²) in [5.41, 5.74) is 1.43. The Bertz CT molecular complexity index is 872. The van der Waals surface area contributed by atoms with Crippen molar-refractivity contribution in [2.75, 3.05) is 0 Å². The molecule has 0 aliphatic carbocycles. The van der Waals surface area contributed by atoms with Crippen molar-refractivity contribution in [1.82, 2.24) is 15.4 Å². The summed E-state index contributed by atoms with van der Waals surface area (Å²) in [5.74, 6) is -2.15. The number of pyridine rings is 1. The summed E-state index contributed by atoms with van der Waals surface area (Å²) in [5, 5.41) is 2.87. The highest BCUT2D eigenvalue weighted by molar-refractivity contribution is 6.01. The molecule has 1 N–H and O–H groups in total. The molecule has 1 aromatic heterocycles. The molecule has 3 rings (SSSR count). The quantitative estimate of drug-likeness (QED) is 0.705. The molecule has 0 unspecified atom stereocenters. The number of benzene rings is 1. The van der Waals surface area contributed by atoms with Gasteiger partial charge in [0.25, 0.3) is 11.8 Å². The Hall–Kier alpha value is -3.75. The van der Waals surface area contributed by atoms with Crippen LogP contribution in [0.1, 0.15) is 24.0 Å². The lowest BCUT2D eigenvalue weighted by molar-refractivity contribution is -0.198. The van der Waals surface area contributed by atoms with Crippen LogP contribution in [0.5, 0.6) is 0 Å². The number of ether oxygens (including phenoxy) is 1. The van der Waals surface area contributed by atoms with Gasteiger partial charge in [0.05, 0.1) is 0 Å². The number of nitrogens with zero attached hydrogens (tertiary/aromatic N) is 2. The minimum atomic E-state index is -1.18. The minimum absolute atomic E-state index is 0.0183. The Morgan fingerprint density at radius 2 is 1.72 bits per heavy atom. The van der Waals surface area contributed by atoms with E-state index in [1.807, 2.05) is 18.2 Å². The average molecular weight is 397 g/mol. The monoisotopic (exact) mass is 397 g/mol. The van der Waals surface area contributed by atoms with Crippen LogP contribution in [0, 0.1) is 0 Å². The number of amides is 3. The second kappa shape index (κ2) is 9.45. The first-order chi connectivity index (χ1) is 14.0. The number of rotatable bonds is 7. The van der Waals surface area contributed by atoms with Crippen LogP contribution in [0.25, 0.3) is 0 Å². The third-order valence-corrected chi connectivity index (χ3v) is 4.14. The average Bonchev–Trinajstić information content (AvgIpc) is 3.05. The van der Waals surface area contributed by atoms with Crippen LogP contribution in [-0.4, -0.2) is 40.0 Å². The molecule has 0 radical (unpaired) electrons. The van der Waals surface area contributed by atoms with E-state index in [9.17, 15) is 19.2 Å². The van der Waals surface area contributed by atoms with Crippen molar-refractivity contribution in [2.45, 2.75) is 31.9 Å². The van der Waals surface area contributed by atoms with Crippen LogP contribution in [-0.2, 0) is 37.0 Å². The molecule has 1 aliphatic rings. The van der Waals surface area contributed by atoms with E-state index in [2.05, 4.69) is 10.3 Å². The van der Waals surface area contributed by atoms with Crippen molar-refractivity contribution in [2.24, 2.45) is 0 Å². The predicted octanol–water partition coefficient (Wildman–Crippen LogP) is 1.53. The third kappa shape index (κ3) is 5.61. The zero-order valence-electron chi connectivity index (χ0n) is 15.4.